The van der Waals surface area contributed by atoms with E-state index in [0.717, 1.165) is 30.3 Å². The number of phosphoric acid groups is 3. The molecule has 1 aromatic heterocycles. The number of carbonyl (C=O) groups excluding carboxylic acids is 2. The van der Waals surface area contributed by atoms with E-state index in [9.17, 15) is 42.7 Å². The van der Waals surface area contributed by atoms with Crippen LogP contribution in [-0.2, 0) is 52.3 Å². The van der Waals surface area contributed by atoms with Crippen LogP contribution < -0.4 is 25.2 Å². The summed E-state index contributed by atoms with van der Waals surface area (Å²) in [5.41, 5.74) is -0.836. The predicted molar refractivity (Wildman–Crippen MR) is 239 cm³/mol. The molecule has 4 rings (SSSR count). The summed E-state index contributed by atoms with van der Waals surface area (Å²) in [6, 6.07) is 10.9. The lowest BCUT2D eigenvalue weighted by molar-refractivity contribution is -0.135. The van der Waals surface area contributed by atoms with Gasteiger partial charge in [0, 0.05) is 24.6 Å². The minimum Gasteiger partial charge on any atom is -0.427 e. The van der Waals surface area contributed by atoms with Gasteiger partial charge in [0.2, 0.25) is 0 Å². The zero-order valence-electron chi connectivity index (χ0n) is 37.0. The summed E-state index contributed by atoms with van der Waals surface area (Å²) in [5.74, 6) is -0.768. The number of esters is 2. The Hall–Kier alpha value is -3.99. The largest absolute Gasteiger partial charge is 0.539 e. The van der Waals surface area contributed by atoms with Gasteiger partial charge in [-0.2, -0.15) is 8.62 Å². The molecular weight excluding hydrogens is 909 g/mol. The second-order valence-electron chi connectivity index (χ2n) is 15.4. The van der Waals surface area contributed by atoms with Crippen LogP contribution in [-0.4, -0.2) is 44.0 Å². The Kier molecular flexibility index (Phi) is 22.3. The molecule has 0 spiro atoms. The van der Waals surface area contributed by atoms with E-state index in [1.807, 2.05) is 6.92 Å². The van der Waals surface area contributed by atoms with Gasteiger partial charge in [-0.05, 0) is 67.8 Å². The number of hydrogen-bond acceptors (Lipinski definition) is 15. The number of rotatable bonds is 31. The smallest absolute Gasteiger partial charge is 0.427 e. The van der Waals surface area contributed by atoms with Gasteiger partial charge in [0.1, 0.15) is 23.4 Å². The standard InChI is InChI=1S/C43H61N2O17P3/c1-4-6-8-9-10-11-12-13-14-15-16-17-19-41(47)59-36-24-26-37(27-25-36)60-65(54,56-31-34-20-22-35(23-21-34)58-40(46)18-7-5-2)62-64(52,53)61-63(50,51)55-32-38-28-29-39(57-38)45-30-33(3)42(48)44-43(45)49/h20-30,38-39H,4-19,31-32H2,1-3H3,(H,50,51)(H,52,53)(H,44,48,49)/t38-,39+,65?/m0/s1. The number of phosphoric ester groups is 2. The van der Waals surface area contributed by atoms with E-state index >= 15 is 0 Å². The summed E-state index contributed by atoms with van der Waals surface area (Å²) < 4.78 is 82.3. The quantitative estimate of drug-likeness (QED) is 0.0178. The third-order valence-electron chi connectivity index (χ3n) is 9.82. The number of H-pyrrole nitrogens is 1. The highest BCUT2D eigenvalue weighted by atomic mass is 31.3. The third kappa shape index (κ3) is 20.2. The second-order valence-corrected chi connectivity index (χ2v) is 20.2. The number of nitrogens with one attached hydrogen (secondary N) is 1. The maximum absolute atomic E-state index is 14.0. The average Bonchev–Trinajstić information content (AvgIpc) is 3.73. The fourth-order valence-electron chi connectivity index (χ4n) is 6.35. The van der Waals surface area contributed by atoms with E-state index in [0.29, 0.717) is 18.4 Å². The van der Waals surface area contributed by atoms with Crippen molar-refractivity contribution in [2.75, 3.05) is 6.61 Å². The van der Waals surface area contributed by atoms with E-state index in [1.54, 1.807) is 0 Å². The number of carbonyl (C=O) groups is 2. The molecule has 0 fully saturated rings. The molecule has 0 amide bonds. The maximum atomic E-state index is 14.0. The molecule has 1 aliphatic rings. The van der Waals surface area contributed by atoms with E-state index < -0.39 is 72.2 Å². The molecule has 2 heterocycles. The zero-order valence-corrected chi connectivity index (χ0v) is 39.7. The van der Waals surface area contributed by atoms with E-state index in [2.05, 4.69) is 16.2 Å². The van der Waals surface area contributed by atoms with Crippen LogP contribution in [0, 0.1) is 6.92 Å². The Labute approximate surface area is 378 Å². The first-order valence-electron chi connectivity index (χ1n) is 21.9. The highest BCUT2D eigenvalue weighted by Gasteiger charge is 2.45. The number of hydrogen-bond donors (Lipinski definition) is 3. The first kappa shape index (κ1) is 53.6. The number of aromatic nitrogens is 2. The van der Waals surface area contributed by atoms with E-state index in [-0.39, 0.29) is 35.7 Å². The number of ether oxygens (including phenoxy) is 3. The lowest BCUT2D eigenvalue weighted by Gasteiger charge is -2.22. The first-order valence-corrected chi connectivity index (χ1v) is 26.4. The summed E-state index contributed by atoms with van der Waals surface area (Å²) in [4.78, 5) is 71.6. The minimum atomic E-state index is -5.84. The summed E-state index contributed by atoms with van der Waals surface area (Å²) >= 11 is 0. The molecular formula is C43H61N2O17P3. The Morgan fingerprint density at radius 1 is 0.677 bits per heavy atom. The van der Waals surface area contributed by atoms with Crippen LogP contribution in [0.5, 0.6) is 17.2 Å². The molecule has 2 aromatic carbocycles. The lowest BCUT2D eigenvalue weighted by atomic mass is 10.0. The van der Waals surface area contributed by atoms with Crippen molar-refractivity contribution in [2.24, 2.45) is 0 Å². The molecule has 22 heteroatoms. The molecule has 19 nitrogen and oxygen atoms in total. The van der Waals surface area contributed by atoms with Crippen LogP contribution in [0.1, 0.15) is 134 Å². The summed E-state index contributed by atoms with van der Waals surface area (Å²) in [6.07, 6.45) is 17.7. The molecule has 1 aliphatic heterocycles. The molecule has 360 valence electrons. The topological polar surface area (TPSA) is 255 Å². The minimum absolute atomic E-state index is 0.135. The average molecular weight is 971 g/mol. The summed E-state index contributed by atoms with van der Waals surface area (Å²) in [6.45, 7) is 4.31. The van der Waals surface area contributed by atoms with Gasteiger partial charge in [0.25, 0.3) is 5.56 Å². The van der Waals surface area contributed by atoms with Crippen LogP contribution in [0.15, 0.2) is 76.5 Å². The highest BCUT2D eigenvalue weighted by molar-refractivity contribution is 7.67. The van der Waals surface area contributed by atoms with Crippen molar-refractivity contribution in [3.05, 3.63) is 98.8 Å². The van der Waals surface area contributed by atoms with Gasteiger partial charge < -0.3 is 28.5 Å². The molecule has 3 unspecified atom stereocenters. The monoisotopic (exact) mass is 970 g/mol. The van der Waals surface area contributed by atoms with Crippen LogP contribution in [0.25, 0.3) is 0 Å². The maximum Gasteiger partial charge on any atom is 0.539 e. The van der Waals surface area contributed by atoms with Crippen molar-refractivity contribution < 1.29 is 69.5 Å². The van der Waals surface area contributed by atoms with Gasteiger partial charge in [-0.1, -0.05) is 109 Å². The number of unbranched alkanes of at least 4 members (excludes halogenated alkanes) is 12. The third-order valence-corrected chi connectivity index (χ3v) is 14.5. The Balaban J connectivity index is 1.33. The van der Waals surface area contributed by atoms with Crippen LogP contribution in [0.3, 0.4) is 0 Å². The van der Waals surface area contributed by atoms with Crippen molar-refractivity contribution in [3.63, 3.8) is 0 Å². The van der Waals surface area contributed by atoms with Gasteiger partial charge in [-0.25, -0.2) is 18.5 Å². The molecule has 0 radical (unpaired) electrons. The fourth-order valence-corrected chi connectivity index (χ4v) is 10.4. The molecule has 5 atom stereocenters. The lowest BCUT2D eigenvalue weighted by Crippen LogP contribution is -2.33. The Morgan fingerprint density at radius 2 is 1.20 bits per heavy atom. The highest BCUT2D eigenvalue weighted by Crippen LogP contribution is 2.69. The molecule has 3 N–H and O–H groups in total. The van der Waals surface area contributed by atoms with Gasteiger partial charge in [0.15, 0.2) is 6.23 Å². The number of aromatic amines is 1. The molecule has 0 saturated carbocycles. The number of benzene rings is 2. The normalized spacial score (nSPS) is 17.5. The molecule has 0 saturated heterocycles. The van der Waals surface area contributed by atoms with Crippen molar-refractivity contribution in [1.82, 2.24) is 9.55 Å². The fraction of sp³-hybridized carbons (Fsp3) is 0.535. The Bertz CT molecular complexity index is 2260. The molecule has 65 heavy (non-hydrogen) atoms. The van der Waals surface area contributed by atoms with Crippen molar-refractivity contribution in [1.29, 1.82) is 0 Å². The van der Waals surface area contributed by atoms with Gasteiger partial charge in [0.05, 0.1) is 13.2 Å². The van der Waals surface area contributed by atoms with E-state index in [1.165, 1.54) is 125 Å². The number of aryl methyl sites for hydroxylation is 1. The first-order chi connectivity index (χ1) is 31.0. The predicted octanol–water partition coefficient (Wildman–Crippen LogP) is 10.0. The van der Waals surface area contributed by atoms with Gasteiger partial charge in [-0.3, -0.25) is 33.0 Å². The van der Waals surface area contributed by atoms with Gasteiger partial charge in [-0.15, -0.1) is 0 Å². The van der Waals surface area contributed by atoms with Crippen LogP contribution in [0.4, 0.5) is 0 Å². The zero-order chi connectivity index (χ0) is 47.3. The molecule has 0 aliphatic carbocycles. The van der Waals surface area contributed by atoms with Crippen molar-refractivity contribution in [3.8, 4) is 17.2 Å². The number of nitrogens with zero attached hydrogens (tertiary/aromatic N) is 1. The van der Waals surface area contributed by atoms with Crippen molar-refractivity contribution >= 4 is 35.4 Å². The van der Waals surface area contributed by atoms with Gasteiger partial charge >= 0.3 is 41.1 Å². The van der Waals surface area contributed by atoms with Crippen LogP contribution >= 0.6 is 23.5 Å². The van der Waals surface area contributed by atoms with Crippen LogP contribution in [0.2, 0.25) is 0 Å². The summed E-state index contributed by atoms with van der Waals surface area (Å²) in [7, 11) is -16.6. The molecule has 3 aromatic rings. The summed E-state index contributed by atoms with van der Waals surface area (Å²) in [5, 5.41) is 0. The van der Waals surface area contributed by atoms with Crippen molar-refractivity contribution in [2.45, 2.75) is 142 Å². The van der Waals surface area contributed by atoms with E-state index in [4.69, 9.17) is 32.1 Å². The second kappa shape index (κ2) is 27.0. The Morgan fingerprint density at radius 3 is 1.78 bits per heavy atom. The molecule has 0 bridgehead atoms. The SMILES string of the molecule is CCCCCCCCCCCCCCC(=O)Oc1ccc(OP(=O)(OCc2ccc(OC(=O)CCCC)cc2)OP(=O)(O)OP(=O)(O)OC[C@@H]2C=C[C@H](n3cc(C)c(=O)[nH]c3=O)O2)cc1.